The zero-order valence-corrected chi connectivity index (χ0v) is 26.6. The predicted octanol–water partition coefficient (Wildman–Crippen LogP) is 5.06. The number of aliphatic hydroxyl groups excluding tert-OH is 1. The Kier molecular flexibility index (Phi) is 10.8. The maximum atomic E-state index is 14.0. The van der Waals surface area contributed by atoms with Crippen LogP contribution in [0, 0.1) is 0 Å². The van der Waals surface area contributed by atoms with Gasteiger partial charge in [0, 0.05) is 17.6 Å². The van der Waals surface area contributed by atoms with Crippen LogP contribution in [0.2, 0.25) is 0 Å². The number of alkyl carbamates (subject to hydrolysis) is 1. The Labute approximate surface area is 271 Å². The van der Waals surface area contributed by atoms with E-state index < -0.39 is 46.6 Å². The van der Waals surface area contributed by atoms with E-state index in [0.29, 0.717) is 17.6 Å². The second-order valence-electron chi connectivity index (χ2n) is 10.6. The molecule has 2 atom stereocenters. The molecule has 5 aromatic rings. The molecule has 4 aromatic carbocycles. The van der Waals surface area contributed by atoms with E-state index in [9.17, 15) is 23.1 Å². The molecule has 238 valence electrons. The van der Waals surface area contributed by atoms with Gasteiger partial charge in [-0.1, -0.05) is 78.9 Å². The third-order valence-corrected chi connectivity index (χ3v) is 9.89. The molecule has 0 saturated carbocycles. The summed E-state index contributed by atoms with van der Waals surface area (Å²) < 4.78 is 34.5. The van der Waals surface area contributed by atoms with Gasteiger partial charge in [0.15, 0.2) is 0 Å². The van der Waals surface area contributed by atoms with Crippen LogP contribution in [-0.2, 0) is 26.0 Å². The Morgan fingerprint density at radius 3 is 2.22 bits per heavy atom. The number of rotatable bonds is 13. The smallest absolute Gasteiger partial charge is 0.407 e. The summed E-state index contributed by atoms with van der Waals surface area (Å²) in [6.07, 6.45) is -0.155. The van der Waals surface area contributed by atoms with Crippen molar-refractivity contribution in [1.82, 2.24) is 15.0 Å². The van der Waals surface area contributed by atoms with Crippen LogP contribution in [0.4, 0.5) is 10.5 Å². The van der Waals surface area contributed by atoms with Gasteiger partial charge >= 0.3 is 6.09 Å². The molecule has 2 amide bonds. The number of aliphatic hydroxyl groups is 1. The quantitative estimate of drug-likeness (QED) is 0.138. The molecular formula is C34H34N4O6S2. The minimum absolute atomic E-state index is 0.0888. The average Bonchev–Trinajstić information content (AvgIpc) is 3.56. The summed E-state index contributed by atoms with van der Waals surface area (Å²) in [6, 6.07) is 28.9. The molecule has 0 aliphatic heterocycles. The number of aryl methyl sites for hydroxylation is 1. The first-order chi connectivity index (χ1) is 22.3. The van der Waals surface area contributed by atoms with E-state index in [1.165, 1.54) is 24.5 Å². The van der Waals surface area contributed by atoms with Crippen molar-refractivity contribution in [2.75, 3.05) is 19.0 Å². The van der Waals surface area contributed by atoms with E-state index in [1.807, 2.05) is 72.8 Å². The van der Waals surface area contributed by atoms with Crippen molar-refractivity contribution >= 4 is 49.3 Å². The van der Waals surface area contributed by atoms with E-state index in [0.717, 1.165) is 21.4 Å². The standard InChI is InChI=1S/C34H34N4O6S2/c1-44-34(41)37-32(31(24-11-4-2-5-12-24)25-13-6-3-7-14-25)33(40)36-28-15-9-8-10-23(28)16-17-26(21-39)38-46(42,43)27-18-19-29-30(20-27)45-22-35-29/h2-15,18-20,22,26,31-32,38-39H,16-17,21H2,1H3,(H,36,40)(H,37,41). The Balaban J connectivity index is 1.35. The molecule has 1 aromatic heterocycles. The summed E-state index contributed by atoms with van der Waals surface area (Å²) in [5, 5.41) is 15.8. The highest BCUT2D eigenvalue weighted by molar-refractivity contribution is 7.89. The minimum atomic E-state index is -3.91. The molecule has 2 unspecified atom stereocenters. The molecule has 0 aliphatic rings. The molecule has 0 radical (unpaired) electrons. The van der Waals surface area contributed by atoms with Gasteiger partial charge in [0.25, 0.3) is 0 Å². The number of aromatic nitrogens is 1. The number of carbonyl (C=O) groups excluding carboxylic acids is 2. The van der Waals surface area contributed by atoms with Crippen LogP contribution in [0.15, 0.2) is 114 Å². The number of ether oxygens (including phenoxy) is 1. The number of nitrogens with zero attached hydrogens (tertiary/aromatic N) is 1. The minimum Gasteiger partial charge on any atom is -0.453 e. The summed E-state index contributed by atoms with van der Waals surface area (Å²) in [5.74, 6) is -1.00. The van der Waals surface area contributed by atoms with Gasteiger partial charge in [-0.2, -0.15) is 0 Å². The summed E-state index contributed by atoms with van der Waals surface area (Å²) in [5.41, 5.74) is 5.24. The molecule has 4 N–H and O–H groups in total. The van der Waals surface area contributed by atoms with Crippen molar-refractivity contribution < 1.29 is 27.9 Å². The third kappa shape index (κ3) is 7.96. The normalized spacial score (nSPS) is 12.8. The molecule has 1 heterocycles. The van der Waals surface area contributed by atoms with Crippen molar-refractivity contribution in [1.29, 1.82) is 0 Å². The van der Waals surface area contributed by atoms with Crippen LogP contribution in [0.25, 0.3) is 10.2 Å². The SMILES string of the molecule is COC(=O)NC(C(=O)Nc1ccccc1CCC(CO)NS(=O)(=O)c1ccc2ncsc2c1)C(c1ccccc1)c1ccccc1. The predicted molar refractivity (Wildman–Crippen MR) is 178 cm³/mol. The molecule has 0 aliphatic carbocycles. The Morgan fingerprint density at radius 2 is 1.57 bits per heavy atom. The molecule has 5 rings (SSSR count). The Morgan fingerprint density at radius 1 is 0.913 bits per heavy atom. The van der Waals surface area contributed by atoms with Gasteiger partial charge in [-0.25, -0.2) is 22.9 Å². The lowest BCUT2D eigenvalue weighted by molar-refractivity contribution is -0.118. The lowest BCUT2D eigenvalue weighted by Gasteiger charge is -2.28. The van der Waals surface area contributed by atoms with Gasteiger partial charge < -0.3 is 20.5 Å². The topological polar surface area (TPSA) is 147 Å². The number of hydrogen-bond donors (Lipinski definition) is 4. The van der Waals surface area contributed by atoms with Gasteiger partial charge in [0.1, 0.15) is 6.04 Å². The van der Waals surface area contributed by atoms with Crippen molar-refractivity contribution in [3.8, 4) is 0 Å². The number of carbonyl (C=O) groups is 2. The van der Waals surface area contributed by atoms with Crippen molar-refractivity contribution in [3.05, 3.63) is 125 Å². The maximum Gasteiger partial charge on any atom is 0.407 e. The van der Waals surface area contributed by atoms with Crippen LogP contribution in [0.3, 0.4) is 0 Å². The Bertz CT molecular complexity index is 1840. The molecule has 12 heteroatoms. The number of thiazole rings is 1. The molecular weight excluding hydrogens is 625 g/mol. The van der Waals surface area contributed by atoms with E-state index in [2.05, 4.69) is 20.3 Å². The number of benzene rings is 4. The summed E-state index contributed by atoms with van der Waals surface area (Å²) >= 11 is 1.34. The summed E-state index contributed by atoms with van der Waals surface area (Å²) in [6.45, 7) is -0.419. The van der Waals surface area contributed by atoms with E-state index >= 15 is 0 Å². The number of hydrogen-bond acceptors (Lipinski definition) is 8. The number of methoxy groups -OCH3 is 1. The fraction of sp³-hybridized carbons (Fsp3) is 0.206. The van der Waals surface area contributed by atoms with Crippen LogP contribution >= 0.6 is 11.3 Å². The van der Waals surface area contributed by atoms with Gasteiger partial charge in [-0.3, -0.25) is 4.79 Å². The second kappa shape index (κ2) is 15.1. The fourth-order valence-electron chi connectivity index (χ4n) is 5.26. The molecule has 0 spiro atoms. The molecule has 10 nitrogen and oxygen atoms in total. The number of sulfonamides is 1. The molecule has 0 fully saturated rings. The number of amides is 2. The van der Waals surface area contributed by atoms with Crippen LogP contribution < -0.4 is 15.4 Å². The number of fused-ring (bicyclic) bond motifs is 1. The van der Waals surface area contributed by atoms with Crippen LogP contribution in [-0.4, -0.2) is 56.3 Å². The molecule has 46 heavy (non-hydrogen) atoms. The Hall–Kier alpha value is -4.62. The largest absolute Gasteiger partial charge is 0.453 e. The highest BCUT2D eigenvalue weighted by Gasteiger charge is 2.33. The first-order valence-electron chi connectivity index (χ1n) is 14.6. The lowest BCUT2D eigenvalue weighted by atomic mass is 9.84. The highest BCUT2D eigenvalue weighted by atomic mass is 32.2. The molecule has 0 bridgehead atoms. The maximum absolute atomic E-state index is 14.0. The van der Waals surface area contributed by atoms with Crippen LogP contribution in [0.1, 0.15) is 29.0 Å². The lowest BCUT2D eigenvalue weighted by Crippen LogP contribution is -2.48. The monoisotopic (exact) mass is 658 g/mol. The molecule has 0 saturated heterocycles. The van der Waals surface area contributed by atoms with E-state index in [-0.39, 0.29) is 11.3 Å². The highest BCUT2D eigenvalue weighted by Crippen LogP contribution is 2.30. The van der Waals surface area contributed by atoms with Gasteiger partial charge in [-0.05, 0) is 53.8 Å². The third-order valence-electron chi connectivity index (χ3n) is 7.58. The number of anilines is 1. The average molecular weight is 659 g/mol. The second-order valence-corrected chi connectivity index (χ2v) is 13.2. The first kappa shape index (κ1) is 32.8. The van der Waals surface area contributed by atoms with Gasteiger partial charge in [-0.15, -0.1) is 11.3 Å². The summed E-state index contributed by atoms with van der Waals surface area (Å²) in [4.78, 5) is 30.8. The zero-order valence-electron chi connectivity index (χ0n) is 25.0. The van der Waals surface area contributed by atoms with E-state index in [4.69, 9.17) is 4.74 Å². The number of para-hydroxylation sites is 1. The van der Waals surface area contributed by atoms with Crippen molar-refractivity contribution in [2.45, 2.75) is 35.7 Å². The summed E-state index contributed by atoms with van der Waals surface area (Å²) in [7, 11) is -2.68. The van der Waals surface area contributed by atoms with Crippen molar-refractivity contribution in [2.24, 2.45) is 0 Å². The van der Waals surface area contributed by atoms with Gasteiger partial charge in [0.2, 0.25) is 15.9 Å². The first-order valence-corrected chi connectivity index (χ1v) is 16.9. The van der Waals surface area contributed by atoms with Gasteiger partial charge in [0.05, 0.1) is 34.3 Å². The van der Waals surface area contributed by atoms with Crippen LogP contribution in [0.5, 0.6) is 0 Å². The zero-order chi connectivity index (χ0) is 32.5. The fourth-order valence-corrected chi connectivity index (χ4v) is 7.34. The van der Waals surface area contributed by atoms with Crippen molar-refractivity contribution in [3.63, 3.8) is 0 Å². The van der Waals surface area contributed by atoms with E-state index in [1.54, 1.807) is 29.8 Å². The number of nitrogens with one attached hydrogen (secondary N) is 3.